The molecular weight excluding hydrogens is 488 g/mol. The van der Waals surface area contributed by atoms with Crippen molar-refractivity contribution in [3.8, 4) is 0 Å². The van der Waals surface area contributed by atoms with Crippen LogP contribution in [0.3, 0.4) is 0 Å². The van der Waals surface area contributed by atoms with Crippen LogP contribution in [0.15, 0.2) is 12.7 Å². The second-order valence-corrected chi connectivity index (χ2v) is 11.0. The summed E-state index contributed by atoms with van der Waals surface area (Å²) in [6.45, 7) is 7.79. The van der Waals surface area contributed by atoms with Crippen molar-refractivity contribution in [2.24, 2.45) is 11.8 Å². The standard InChI is InChI=1S/C28H44N4O6/c1-4-9-21(24(33)26(35)29-16-5-2)30-25(34)22-15-12-18(3)32(22)27(36)23(20-10-7-6-8-11-20)31-28(37)38-17-19-13-14-19/h5,18-23H,2,4,6-17H2,1,3H3,(H,29,35)(H,30,34)(H,31,37)/t18-,21?,22?,23-/m0/s1. The Kier molecular flexibility index (Phi) is 11.2. The predicted molar refractivity (Wildman–Crippen MR) is 142 cm³/mol. The van der Waals surface area contributed by atoms with Gasteiger partial charge in [0, 0.05) is 12.6 Å². The first kappa shape index (κ1) is 29.6. The Bertz CT molecular complexity index is 883. The van der Waals surface area contributed by atoms with Gasteiger partial charge >= 0.3 is 6.09 Å². The molecule has 10 heteroatoms. The molecule has 1 saturated heterocycles. The molecule has 1 heterocycles. The van der Waals surface area contributed by atoms with E-state index in [-0.39, 0.29) is 24.4 Å². The van der Waals surface area contributed by atoms with Gasteiger partial charge in [0.05, 0.1) is 12.6 Å². The molecule has 0 radical (unpaired) electrons. The Morgan fingerprint density at radius 3 is 2.34 bits per heavy atom. The molecule has 4 amide bonds. The van der Waals surface area contributed by atoms with E-state index in [2.05, 4.69) is 22.5 Å². The van der Waals surface area contributed by atoms with E-state index in [0.717, 1.165) is 44.9 Å². The van der Waals surface area contributed by atoms with Crippen LogP contribution in [-0.2, 0) is 23.9 Å². The van der Waals surface area contributed by atoms with E-state index < -0.39 is 41.8 Å². The van der Waals surface area contributed by atoms with Crippen LogP contribution < -0.4 is 16.0 Å². The van der Waals surface area contributed by atoms with Crippen molar-refractivity contribution in [1.29, 1.82) is 0 Å². The minimum absolute atomic E-state index is 0.0239. The molecule has 3 rings (SSSR count). The predicted octanol–water partition coefficient (Wildman–Crippen LogP) is 2.61. The summed E-state index contributed by atoms with van der Waals surface area (Å²) in [4.78, 5) is 66.5. The van der Waals surface area contributed by atoms with Crippen LogP contribution in [0.25, 0.3) is 0 Å². The minimum atomic E-state index is -0.977. The Morgan fingerprint density at radius 2 is 1.71 bits per heavy atom. The molecule has 212 valence electrons. The van der Waals surface area contributed by atoms with Crippen LogP contribution in [0, 0.1) is 11.8 Å². The molecule has 0 spiro atoms. The van der Waals surface area contributed by atoms with Gasteiger partial charge in [-0.3, -0.25) is 19.2 Å². The highest BCUT2D eigenvalue weighted by Crippen LogP contribution is 2.32. The number of likely N-dealkylation sites (tertiary alicyclic amines) is 1. The Hall–Kier alpha value is -2.91. The lowest BCUT2D eigenvalue weighted by Gasteiger charge is -2.36. The molecule has 0 bridgehead atoms. The highest BCUT2D eigenvalue weighted by molar-refractivity contribution is 6.38. The van der Waals surface area contributed by atoms with Gasteiger partial charge in [-0.05, 0) is 63.7 Å². The fourth-order valence-electron chi connectivity index (χ4n) is 5.50. The second kappa shape index (κ2) is 14.3. The van der Waals surface area contributed by atoms with Gasteiger partial charge in [0.25, 0.3) is 5.91 Å². The van der Waals surface area contributed by atoms with Crippen LogP contribution in [0.5, 0.6) is 0 Å². The number of alkyl carbamates (subject to hydrolysis) is 1. The Morgan fingerprint density at radius 1 is 1.00 bits per heavy atom. The quantitative estimate of drug-likeness (QED) is 0.247. The van der Waals surface area contributed by atoms with E-state index in [1.54, 1.807) is 4.90 Å². The van der Waals surface area contributed by atoms with Crippen molar-refractivity contribution >= 4 is 29.6 Å². The summed E-state index contributed by atoms with van der Waals surface area (Å²) in [5, 5.41) is 8.05. The molecule has 3 aliphatic rings. The molecule has 3 fully saturated rings. The van der Waals surface area contributed by atoms with Crippen molar-refractivity contribution in [3.63, 3.8) is 0 Å². The van der Waals surface area contributed by atoms with E-state index in [9.17, 15) is 24.0 Å². The minimum Gasteiger partial charge on any atom is -0.449 e. The Labute approximate surface area is 225 Å². The lowest BCUT2D eigenvalue weighted by atomic mass is 9.83. The molecule has 2 aliphatic carbocycles. The Balaban J connectivity index is 1.72. The average molecular weight is 533 g/mol. The summed E-state index contributed by atoms with van der Waals surface area (Å²) in [5.74, 6) is -1.84. The summed E-state index contributed by atoms with van der Waals surface area (Å²) in [6.07, 6.45) is 9.68. The summed E-state index contributed by atoms with van der Waals surface area (Å²) in [6, 6.07) is -2.73. The third-order valence-corrected chi connectivity index (χ3v) is 7.87. The van der Waals surface area contributed by atoms with Crippen molar-refractivity contribution in [2.45, 2.75) is 109 Å². The van der Waals surface area contributed by atoms with Gasteiger partial charge in [0.2, 0.25) is 17.6 Å². The van der Waals surface area contributed by atoms with Gasteiger partial charge in [-0.15, -0.1) is 6.58 Å². The monoisotopic (exact) mass is 532 g/mol. The lowest BCUT2D eigenvalue weighted by molar-refractivity contribution is -0.144. The van der Waals surface area contributed by atoms with Crippen molar-refractivity contribution in [3.05, 3.63) is 12.7 Å². The van der Waals surface area contributed by atoms with E-state index in [4.69, 9.17) is 4.74 Å². The number of nitrogens with one attached hydrogen (secondary N) is 3. The first-order chi connectivity index (χ1) is 18.3. The third-order valence-electron chi connectivity index (χ3n) is 7.87. The second-order valence-electron chi connectivity index (χ2n) is 11.0. The normalized spacial score (nSPS) is 23.2. The topological polar surface area (TPSA) is 134 Å². The molecule has 0 aromatic carbocycles. The fraction of sp³-hybridized carbons (Fsp3) is 0.750. The summed E-state index contributed by atoms with van der Waals surface area (Å²) in [7, 11) is 0. The van der Waals surface area contributed by atoms with Crippen LogP contribution in [0.1, 0.15) is 84.5 Å². The molecule has 10 nitrogen and oxygen atoms in total. The van der Waals surface area contributed by atoms with E-state index >= 15 is 0 Å². The van der Waals surface area contributed by atoms with Crippen LogP contribution in [0.4, 0.5) is 4.79 Å². The molecule has 3 N–H and O–H groups in total. The first-order valence-corrected chi connectivity index (χ1v) is 14.3. The molecule has 2 saturated carbocycles. The highest BCUT2D eigenvalue weighted by atomic mass is 16.5. The van der Waals surface area contributed by atoms with Gasteiger partial charge in [-0.25, -0.2) is 4.79 Å². The van der Waals surface area contributed by atoms with E-state index in [1.165, 1.54) is 6.08 Å². The third kappa shape index (κ3) is 8.04. The summed E-state index contributed by atoms with van der Waals surface area (Å²) >= 11 is 0. The van der Waals surface area contributed by atoms with E-state index in [1.807, 2.05) is 13.8 Å². The van der Waals surface area contributed by atoms with Crippen molar-refractivity contribution in [1.82, 2.24) is 20.9 Å². The first-order valence-electron chi connectivity index (χ1n) is 14.3. The number of hydrogen-bond donors (Lipinski definition) is 3. The molecule has 0 aromatic heterocycles. The van der Waals surface area contributed by atoms with Gasteiger partial charge in [-0.2, -0.15) is 0 Å². The van der Waals surface area contributed by atoms with Crippen molar-refractivity contribution in [2.75, 3.05) is 13.2 Å². The zero-order valence-corrected chi connectivity index (χ0v) is 22.8. The zero-order chi connectivity index (χ0) is 27.7. The SMILES string of the molecule is C=CCNC(=O)C(=O)C(CCC)NC(=O)C1CC[C@H](C)N1C(=O)[C@@H](NC(=O)OCC1CC1)C1CCCCC1. The fourth-order valence-corrected chi connectivity index (χ4v) is 5.50. The van der Waals surface area contributed by atoms with Gasteiger partial charge in [-0.1, -0.05) is 38.7 Å². The lowest BCUT2D eigenvalue weighted by Crippen LogP contribution is -2.59. The average Bonchev–Trinajstić information content (AvgIpc) is 3.67. The molecule has 0 aromatic rings. The molecule has 1 aliphatic heterocycles. The number of rotatable bonds is 13. The molecule has 38 heavy (non-hydrogen) atoms. The maximum Gasteiger partial charge on any atom is 0.407 e. The number of Topliss-reactive ketones (excluding diaryl/α,β-unsaturated/α-hetero) is 1. The molecular formula is C28H44N4O6. The summed E-state index contributed by atoms with van der Waals surface area (Å²) in [5.41, 5.74) is 0. The van der Waals surface area contributed by atoms with Gasteiger partial charge in [0.15, 0.2) is 0 Å². The van der Waals surface area contributed by atoms with Crippen molar-refractivity contribution < 1.29 is 28.7 Å². The number of nitrogens with zero attached hydrogens (tertiary/aromatic N) is 1. The maximum absolute atomic E-state index is 14.0. The maximum atomic E-state index is 14.0. The number of carbonyl (C=O) groups excluding carboxylic acids is 5. The van der Waals surface area contributed by atoms with Crippen LogP contribution in [0.2, 0.25) is 0 Å². The molecule has 4 atom stereocenters. The molecule has 2 unspecified atom stereocenters. The van der Waals surface area contributed by atoms with Crippen LogP contribution in [-0.4, -0.2) is 71.8 Å². The summed E-state index contributed by atoms with van der Waals surface area (Å²) < 4.78 is 5.38. The number of amides is 4. The largest absolute Gasteiger partial charge is 0.449 e. The number of ketones is 1. The van der Waals surface area contributed by atoms with Gasteiger partial charge < -0.3 is 25.6 Å². The smallest absolute Gasteiger partial charge is 0.407 e. The van der Waals surface area contributed by atoms with Crippen LogP contribution >= 0.6 is 0 Å². The zero-order valence-electron chi connectivity index (χ0n) is 22.8. The number of hydrogen-bond acceptors (Lipinski definition) is 6. The van der Waals surface area contributed by atoms with E-state index in [0.29, 0.717) is 38.2 Å². The van der Waals surface area contributed by atoms with Gasteiger partial charge in [0.1, 0.15) is 12.1 Å². The number of carbonyl (C=O) groups is 5. The number of ether oxygens (including phenoxy) is 1. The highest BCUT2D eigenvalue weighted by Gasteiger charge is 2.44.